The third-order valence-electron chi connectivity index (χ3n) is 6.63. The van der Waals surface area contributed by atoms with E-state index in [0.29, 0.717) is 18.9 Å². The predicted molar refractivity (Wildman–Crippen MR) is 129 cm³/mol. The van der Waals surface area contributed by atoms with Gasteiger partial charge < -0.3 is 16.2 Å². The van der Waals surface area contributed by atoms with Crippen LogP contribution in [0.4, 0.5) is 0 Å². The first-order chi connectivity index (χ1) is 15.4. The molecule has 4 rings (SSSR count). The van der Waals surface area contributed by atoms with Gasteiger partial charge in [0.15, 0.2) is 0 Å². The van der Waals surface area contributed by atoms with Crippen molar-refractivity contribution < 1.29 is 9.90 Å². The third kappa shape index (κ3) is 5.03. The summed E-state index contributed by atoms with van der Waals surface area (Å²) in [7, 11) is 0. The summed E-state index contributed by atoms with van der Waals surface area (Å²) in [6.07, 6.45) is 3.49. The van der Waals surface area contributed by atoms with Gasteiger partial charge in [0.2, 0.25) is 5.91 Å². The molecule has 4 N–H and O–H groups in total. The Kier molecular flexibility index (Phi) is 6.61. The van der Waals surface area contributed by atoms with Gasteiger partial charge >= 0.3 is 0 Å². The van der Waals surface area contributed by atoms with Crippen molar-refractivity contribution >= 4 is 5.91 Å². The number of hydrogen-bond donors (Lipinski definition) is 3. The average Bonchev–Trinajstić information content (AvgIpc) is 3.17. The van der Waals surface area contributed by atoms with Crippen LogP contribution in [0.25, 0.3) is 0 Å². The Bertz CT molecular complexity index is 1080. The lowest BCUT2D eigenvalue weighted by atomic mass is 9.95. The molecule has 4 nitrogen and oxygen atoms in total. The molecule has 0 saturated carbocycles. The number of nitrogens with two attached hydrogens (primary N) is 1. The average molecular weight is 429 g/mol. The minimum absolute atomic E-state index is 0.120. The van der Waals surface area contributed by atoms with Gasteiger partial charge in [0.25, 0.3) is 0 Å². The molecule has 0 fully saturated rings. The number of nitrogens with one attached hydrogen (secondary N) is 1. The molecule has 1 unspecified atom stereocenters. The normalized spacial score (nSPS) is 15.9. The number of aromatic hydroxyl groups is 1. The molecule has 3 aromatic rings. The van der Waals surface area contributed by atoms with Crippen LogP contribution in [-0.2, 0) is 24.1 Å². The highest BCUT2D eigenvalue weighted by molar-refractivity contribution is 5.82. The van der Waals surface area contributed by atoms with Crippen LogP contribution in [0.5, 0.6) is 5.75 Å². The van der Waals surface area contributed by atoms with Gasteiger partial charge in [-0.2, -0.15) is 0 Å². The van der Waals surface area contributed by atoms with Crippen LogP contribution >= 0.6 is 0 Å². The van der Waals surface area contributed by atoms with E-state index in [9.17, 15) is 9.90 Å². The minimum atomic E-state index is -0.609. The summed E-state index contributed by atoms with van der Waals surface area (Å²) in [5.41, 5.74) is 14.6. The number of amides is 1. The second-order valence-electron chi connectivity index (χ2n) is 9.05. The van der Waals surface area contributed by atoms with E-state index in [1.54, 1.807) is 12.1 Å². The Morgan fingerprint density at radius 3 is 2.50 bits per heavy atom. The topological polar surface area (TPSA) is 75.3 Å². The zero-order valence-corrected chi connectivity index (χ0v) is 18.9. The summed E-state index contributed by atoms with van der Waals surface area (Å²) >= 11 is 0. The van der Waals surface area contributed by atoms with Crippen molar-refractivity contribution in [3.63, 3.8) is 0 Å². The van der Waals surface area contributed by atoms with E-state index in [-0.39, 0.29) is 11.7 Å². The maximum absolute atomic E-state index is 12.7. The van der Waals surface area contributed by atoms with Gasteiger partial charge in [-0.1, -0.05) is 48.5 Å². The van der Waals surface area contributed by atoms with E-state index in [2.05, 4.69) is 47.8 Å². The van der Waals surface area contributed by atoms with Crippen LogP contribution in [0.15, 0.2) is 60.7 Å². The Morgan fingerprint density at radius 1 is 1.06 bits per heavy atom. The van der Waals surface area contributed by atoms with Gasteiger partial charge in [0.05, 0.1) is 6.04 Å². The van der Waals surface area contributed by atoms with Gasteiger partial charge in [-0.25, -0.2) is 0 Å². The maximum Gasteiger partial charge on any atom is 0.237 e. The predicted octanol–water partition coefficient (Wildman–Crippen LogP) is 4.32. The van der Waals surface area contributed by atoms with Crippen molar-refractivity contribution in [3.8, 4) is 5.75 Å². The van der Waals surface area contributed by atoms with Crippen LogP contribution < -0.4 is 11.1 Å². The quantitative estimate of drug-likeness (QED) is 0.525. The molecule has 0 aliphatic heterocycles. The summed E-state index contributed by atoms with van der Waals surface area (Å²) in [5, 5.41) is 12.8. The molecule has 166 valence electrons. The Balaban J connectivity index is 1.38. The van der Waals surface area contributed by atoms with Gasteiger partial charge in [0, 0.05) is 12.5 Å². The molecular formula is C28H32N2O2. The number of fused-ring (bicyclic) bond motifs is 1. The lowest BCUT2D eigenvalue weighted by molar-refractivity contribution is -0.122. The van der Waals surface area contributed by atoms with Crippen LogP contribution in [0.1, 0.15) is 51.3 Å². The van der Waals surface area contributed by atoms with Gasteiger partial charge in [-0.05, 0) is 90.6 Å². The van der Waals surface area contributed by atoms with Gasteiger partial charge in [0.1, 0.15) is 5.75 Å². The first-order valence-electron chi connectivity index (χ1n) is 11.4. The van der Waals surface area contributed by atoms with Crippen molar-refractivity contribution in [1.82, 2.24) is 5.32 Å². The lowest BCUT2D eigenvalue weighted by Crippen LogP contribution is -2.43. The molecule has 3 aromatic carbocycles. The monoisotopic (exact) mass is 428 g/mol. The van der Waals surface area contributed by atoms with E-state index in [0.717, 1.165) is 36.0 Å². The number of aryl methyl sites for hydroxylation is 3. The van der Waals surface area contributed by atoms with Crippen molar-refractivity contribution in [2.45, 2.75) is 51.5 Å². The number of hydrogen-bond acceptors (Lipinski definition) is 3. The number of carbonyl (C=O) groups is 1. The number of phenolic OH excluding ortho intramolecular Hbond substituents is 1. The van der Waals surface area contributed by atoms with Crippen LogP contribution in [0.2, 0.25) is 0 Å². The molecule has 0 heterocycles. The molecule has 1 amide bonds. The number of phenols is 1. The standard InChI is InChI=1S/C28H32N2O2/c1-18-12-24(31)13-19(2)25(18)16-27(29)28(32)30-17-23-11-10-22-9-8-21(15-26(22)23)14-20-6-4-3-5-7-20/h3-9,12-13,15,23,27,31H,10-11,14,16-17,29H2,1-2H3,(H,30,32)/t23?,27-/m0/s1. The van der Waals surface area contributed by atoms with E-state index in [1.807, 2.05) is 19.9 Å². The molecule has 0 aromatic heterocycles. The maximum atomic E-state index is 12.7. The summed E-state index contributed by atoms with van der Waals surface area (Å²) in [4.78, 5) is 12.7. The number of rotatable bonds is 7. The molecule has 1 aliphatic carbocycles. The zero-order valence-electron chi connectivity index (χ0n) is 18.9. The number of carbonyl (C=O) groups excluding carboxylic acids is 1. The smallest absolute Gasteiger partial charge is 0.237 e. The second kappa shape index (κ2) is 9.58. The van der Waals surface area contributed by atoms with Gasteiger partial charge in [-0.3, -0.25) is 4.79 Å². The Labute approximate surface area is 190 Å². The molecule has 4 heteroatoms. The van der Waals surface area contributed by atoms with Crippen molar-refractivity contribution in [2.24, 2.45) is 5.73 Å². The molecule has 0 bridgehead atoms. The summed E-state index contributed by atoms with van der Waals surface area (Å²) in [6.45, 7) is 4.49. The molecule has 0 spiro atoms. The molecule has 32 heavy (non-hydrogen) atoms. The van der Waals surface area contributed by atoms with Crippen LogP contribution in [-0.4, -0.2) is 23.6 Å². The fourth-order valence-electron chi connectivity index (χ4n) is 4.85. The Hall–Kier alpha value is -3.11. The van der Waals surface area contributed by atoms with E-state index in [1.165, 1.54) is 22.3 Å². The van der Waals surface area contributed by atoms with Crippen molar-refractivity contribution in [2.75, 3.05) is 6.54 Å². The highest BCUT2D eigenvalue weighted by Gasteiger charge is 2.24. The highest BCUT2D eigenvalue weighted by atomic mass is 16.3. The van der Waals surface area contributed by atoms with Crippen LogP contribution in [0.3, 0.4) is 0 Å². The molecule has 2 atom stereocenters. The van der Waals surface area contributed by atoms with Gasteiger partial charge in [-0.15, -0.1) is 0 Å². The summed E-state index contributed by atoms with van der Waals surface area (Å²) in [5.74, 6) is 0.452. The molecule has 0 radical (unpaired) electrons. The molecular weight excluding hydrogens is 396 g/mol. The first-order valence-corrected chi connectivity index (χ1v) is 11.4. The van der Waals surface area contributed by atoms with E-state index in [4.69, 9.17) is 5.73 Å². The largest absolute Gasteiger partial charge is 0.508 e. The first kappa shape index (κ1) is 22.1. The molecule has 0 saturated heterocycles. The minimum Gasteiger partial charge on any atom is -0.508 e. The molecule has 1 aliphatic rings. The summed E-state index contributed by atoms with van der Waals surface area (Å²) in [6, 6.07) is 20.1. The van der Waals surface area contributed by atoms with E-state index >= 15 is 0 Å². The fraction of sp³-hybridized carbons (Fsp3) is 0.321. The van der Waals surface area contributed by atoms with E-state index < -0.39 is 6.04 Å². The van der Waals surface area contributed by atoms with Crippen molar-refractivity contribution in [3.05, 3.63) is 99.6 Å². The zero-order chi connectivity index (χ0) is 22.7. The lowest BCUT2D eigenvalue weighted by Gasteiger charge is -2.18. The van der Waals surface area contributed by atoms with Crippen molar-refractivity contribution in [1.29, 1.82) is 0 Å². The number of benzene rings is 3. The fourth-order valence-corrected chi connectivity index (χ4v) is 4.85. The Morgan fingerprint density at radius 2 is 1.78 bits per heavy atom. The second-order valence-corrected chi connectivity index (χ2v) is 9.05. The third-order valence-corrected chi connectivity index (χ3v) is 6.63. The highest BCUT2D eigenvalue weighted by Crippen LogP contribution is 2.33. The summed E-state index contributed by atoms with van der Waals surface area (Å²) < 4.78 is 0. The van der Waals surface area contributed by atoms with Crippen LogP contribution in [0, 0.1) is 13.8 Å². The SMILES string of the molecule is Cc1cc(O)cc(C)c1C[C@H](N)C(=O)NCC1CCc2ccc(Cc3ccccc3)cc21.